The quantitative estimate of drug-likeness (QED) is 0.875. The SMILES string of the molecule is CC(C)(CNC(=O)CCc1cccc(F)c1)N1CCCCC1. The molecule has 0 saturated carbocycles. The average molecular weight is 306 g/mol. The predicted molar refractivity (Wildman–Crippen MR) is 87.2 cm³/mol. The van der Waals surface area contributed by atoms with Gasteiger partial charge in [-0.2, -0.15) is 0 Å². The van der Waals surface area contributed by atoms with E-state index in [1.54, 1.807) is 6.07 Å². The molecule has 0 radical (unpaired) electrons. The lowest BCUT2D eigenvalue weighted by Crippen LogP contribution is -2.53. The maximum Gasteiger partial charge on any atom is 0.220 e. The summed E-state index contributed by atoms with van der Waals surface area (Å²) in [6.45, 7) is 7.27. The van der Waals surface area contributed by atoms with E-state index in [0.29, 0.717) is 19.4 Å². The Labute approximate surface area is 132 Å². The lowest BCUT2D eigenvalue weighted by Gasteiger charge is -2.41. The normalized spacial score (nSPS) is 16.5. The van der Waals surface area contributed by atoms with Gasteiger partial charge in [0, 0.05) is 18.5 Å². The van der Waals surface area contributed by atoms with Gasteiger partial charge in [0.05, 0.1) is 0 Å². The van der Waals surface area contributed by atoms with Crippen LogP contribution in [-0.4, -0.2) is 36.0 Å². The number of halogens is 1. The summed E-state index contributed by atoms with van der Waals surface area (Å²) >= 11 is 0. The van der Waals surface area contributed by atoms with Crippen molar-refractivity contribution in [2.45, 2.75) is 51.5 Å². The van der Waals surface area contributed by atoms with E-state index < -0.39 is 0 Å². The van der Waals surface area contributed by atoms with E-state index in [1.165, 1.54) is 31.4 Å². The van der Waals surface area contributed by atoms with Gasteiger partial charge in [-0.15, -0.1) is 0 Å². The second-order valence-electron chi connectivity index (χ2n) is 6.77. The van der Waals surface area contributed by atoms with Crippen molar-refractivity contribution >= 4 is 5.91 Å². The highest BCUT2D eigenvalue weighted by Crippen LogP contribution is 2.19. The first-order valence-corrected chi connectivity index (χ1v) is 8.23. The van der Waals surface area contributed by atoms with Crippen LogP contribution in [0.5, 0.6) is 0 Å². The van der Waals surface area contributed by atoms with E-state index in [-0.39, 0.29) is 17.3 Å². The molecule has 1 heterocycles. The van der Waals surface area contributed by atoms with Crippen molar-refractivity contribution in [2.75, 3.05) is 19.6 Å². The molecule has 3 nitrogen and oxygen atoms in total. The van der Waals surface area contributed by atoms with Crippen LogP contribution in [0, 0.1) is 5.82 Å². The van der Waals surface area contributed by atoms with Gasteiger partial charge in [0.2, 0.25) is 5.91 Å². The smallest absolute Gasteiger partial charge is 0.220 e. The zero-order valence-corrected chi connectivity index (χ0v) is 13.7. The summed E-state index contributed by atoms with van der Waals surface area (Å²) in [5.41, 5.74) is 0.861. The summed E-state index contributed by atoms with van der Waals surface area (Å²) in [5, 5.41) is 3.03. The first-order valence-electron chi connectivity index (χ1n) is 8.23. The van der Waals surface area contributed by atoms with Gasteiger partial charge >= 0.3 is 0 Å². The summed E-state index contributed by atoms with van der Waals surface area (Å²) in [6, 6.07) is 6.45. The molecule has 2 rings (SSSR count). The van der Waals surface area contributed by atoms with Crippen LogP contribution in [0.1, 0.15) is 45.1 Å². The molecule has 0 unspecified atom stereocenters. The van der Waals surface area contributed by atoms with Gasteiger partial charge < -0.3 is 5.32 Å². The molecule has 122 valence electrons. The van der Waals surface area contributed by atoms with Crippen LogP contribution in [0.2, 0.25) is 0 Å². The Morgan fingerprint density at radius 3 is 2.68 bits per heavy atom. The Hall–Kier alpha value is -1.42. The number of aryl methyl sites for hydroxylation is 1. The van der Waals surface area contributed by atoms with Crippen molar-refractivity contribution in [1.29, 1.82) is 0 Å². The third kappa shape index (κ3) is 5.09. The average Bonchev–Trinajstić information content (AvgIpc) is 2.52. The second kappa shape index (κ2) is 7.73. The lowest BCUT2D eigenvalue weighted by molar-refractivity contribution is -0.121. The number of piperidine rings is 1. The monoisotopic (exact) mass is 306 g/mol. The van der Waals surface area contributed by atoms with E-state index in [4.69, 9.17) is 0 Å². The van der Waals surface area contributed by atoms with Gasteiger partial charge in [0.15, 0.2) is 0 Å². The maximum atomic E-state index is 13.1. The van der Waals surface area contributed by atoms with Crippen molar-refractivity contribution in [1.82, 2.24) is 10.2 Å². The summed E-state index contributed by atoms with van der Waals surface area (Å²) < 4.78 is 13.1. The van der Waals surface area contributed by atoms with Gasteiger partial charge in [-0.3, -0.25) is 9.69 Å². The van der Waals surface area contributed by atoms with Crippen LogP contribution in [0.4, 0.5) is 4.39 Å². The van der Waals surface area contributed by atoms with Crippen LogP contribution in [0.25, 0.3) is 0 Å². The minimum absolute atomic E-state index is 0.00502. The van der Waals surface area contributed by atoms with Crippen LogP contribution in [0.3, 0.4) is 0 Å². The molecule has 1 saturated heterocycles. The largest absolute Gasteiger partial charge is 0.354 e. The van der Waals surface area contributed by atoms with Gasteiger partial charge in [-0.1, -0.05) is 18.6 Å². The lowest BCUT2D eigenvalue weighted by atomic mass is 9.98. The third-order valence-electron chi connectivity index (χ3n) is 4.46. The molecule has 0 bridgehead atoms. The Morgan fingerprint density at radius 1 is 1.27 bits per heavy atom. The third-order valence-corrected chi connectivity index (χ3v) is 4.46. The van der Waals surface area contributed by atoms with Crippen molar-refractivity contribution in [3.63, 3.8) is 0 Å². The first-order chi connectivity index (χ1) is 10.5. The Morgan fingerprint density at radius 2 is 2.00 bits per heavy atom. The Kier molecular flexibility index (Phi) is 5.95. The number of carbonyl (C=O) groups is 1. The van der Waals surface area contributed by atoms with Crippen molar-refractivity contribution in [3.05, 3.63) is 35.6 Å². The molecule has 1 amide bonds. The highest BCUT2D eigenvalue weighted by Gasteiger charge is 2.28. The molecular formula is C18H27FN2O. The zero-order valence-electron chi connectivity index (χ0n) is 13.7. The molecular weight excluding hydrogens is 279 g/mol. The number of hydrogen-bond acceptors (Lipinski definition) is 2. The van der Waals surface area contributed by atoms with Gasteiger partial charge in [0.1, 0.15) is 5.82 Å². The number of nitrogens with one attached hydrogen (secondary N) is 1. The molecule has 0 aliphatic carbocycles. The molecule has 1 aliphatic heterocycles. The topological polar surface area (TPSA) is 32.3 Å². The van der Waals surface area contributed by atoms with E-state index in [9.17, 15) is 9.18 Å². The molecule has 0 aromatic heterocycles. The number of nitrogens with zero attached hydrogens (tertiary/aromatic N) is 1. The molecule has 22 heavy (non-hydrogen) atoms. The van der Waals surface area contributed by atoms with Gasteiger partial charge in [0.25, 0.3) is 0 Å². The number of hydrogen-bond donors (Lipinski definition) is 1. The summed E-state index contributed by atoms with van der Waals surface area (Å²) in [5.74, 6) is -0.210. The molecule has 1 aromatic rings. The number of rotatable bonds is 6. The Bertz CT molecular complexity index is 496. The molecule has 1 aromatic carbocycles. The van der Waals surface area contributed by atoms with Crippen LogP contribution >= 0.6 is 0 Å². The fourth-order valence-corrected chi connectivity index (χ4v) is 2.96. The summed E-state index contributed by atoms with van der Waals surface area (Å²) in [7, 11) is 0. The number of benzene rings is 1. The van der Waals surface area contributed by atoms with E-state index >= 15 is 0 Å². The molecule has 1 aliphatic rings. The van der Waals surface area contributed by atoms with E-state index in [1.807, 2.05) is 6.07 Å². The second-order valence-corrected chi connectivity index (χ2v) is 6.77. The number of likely N-dealkylation sites (tertiary alicyclic amines) is 1. The van der Waals surface area contributed by atoms with E-state index in [2.05, 4.69) is 24.1 Å². The standard InChI is InChI=1S/C18H27FN2O/c1-18(2,21-11-4-3-5-12-21)14-20-17(22)10-9-15-7-6-8-16(19)13-15/h6-8,13H,3-5,9-12,14H2,1-2H3,(H,20,22). The van der Waals surface area contributed by atoms with Crippen LogP contribution in [-0.2, 0) is 11.2 Å². The number of amides is 1. The fourth-order valence-electron chi connectivity index (χ4n) is 2.96. The minimum atomic E-state index is -0.246. The summed E-state index contributed by atoms with van der Waals surface area (Å²) in [6.07, 6.45) is 4.79. The van der Waals surface area contributed by atoms with E-state index in [0.717, 1.165) is 18.7 Å². The van der Waals surface area contributed by atoms with Gasteiger partial charge in [-0.25, -0.2) is 4.39 Å². The fraction of sp³-hybridized carbons (Fsp3) is 0.611. The highest BCUT2D eigenvalue weighted by atomic mass is 19.1. The molecule has 4 heteroatoms. The Balaban J connectivity index is 1.74. The molecule has 1 fully saturated rings. The van der Waals surface area contributed by atoms with Crippen molar-refractivity contribution in [3.8, 4) is 0 Å². The highest BCUT2D eigenvalue weighted by molar-refractivity contribution is 5.76. The van der Waals surface area contributed by atoms with Crippen LogP contribution in [0.15, 0.2) is 24.3 Å². The molecule has 0 atom stereocenters. The summed E-state index contributed by atoms with van der Waals surface area (Å²) in [4.78, 5) is 14.5. The zero-order chi connectivity index (χ0) is 16.0. The van der Waals surface area contributed by atoms with Crippen molar-refractivity contribution < 1.29 is 9.18 Å². The van der Waals surface area contributed by atoms with Gasteiger partial charge in [-0.05, 0) is 63.9 Å². The number of carbonyl (C=O) groups excluding carboxylic acids is 1. The maximum absolute atomic E-state index is 13.1. The molecule has 0 spiro atoms. The first kappa shape index (κ1) is 16.9. The van der Waals surface area contributed by atoms with Crippen molar-refractivity contribution in [2.24, 2.45) is 0 Å². The minimum Gasteiger partial charge on any atom is -0.354 e. The predicted octanol–water partition coefficient (Wildman–Crippen LogP) is 3.14. The van der Waals surface area contributed by atoms with Crippen LogP contribution < -0.4 is 5.32 Å². The molecule has 1 N–H and O–H groups in total.